The van der Waals surface area contributed by atoms with Crippen LogP contribution in [0.15, 0.2) is 46.9 Å². The van der Waals surface area contributed by atoms with E-state index >= 15 is 0 Å². The van der Waals surface area contributed by atoms with Crippen LogP contribution in [-0.2, 0) is 0 Å². The van der Waals surface area contributed by atoms with Crippen LogP contribution < -0.4 is 0 Å². The highest BCUT2D eigenvalue weighted by Crippen LogP contribution is 2.39. The van der Waals surface area contributed by atoms with E-state index in [1.165, 1.54) is 29.5 Å². The Morgan fingerprint density at radius 2 is 1.80 bits per heavy atom. The first kappa shape index (κ1) is 14.2. The van der Waals surface area contributed by atoms with Gasteiger partial charge in [-0.2, -0.15) is 0 Å². The molecule has 0 spiro atoms. The molecule has 0 aliphatic heterocycles. The molecule has 0 N–H and O–H groups in total. The minimum absolute atomic E-state index is 0.0418. The number of benzene rings is 2. The molecule has 0 aliphatic carbocycles. The SMILES string of the molecule is Fc1ccc2cc(C(Br)c3ccc(F)c(Br)c3)sc2c1. The molecule has 1 unspecified atom stereocenters. The minimum atomic E-state index is -0.285. The van der Waals surface area contributed by atoms with Gasteiger partial charge in [-0.05, 0) is 57.2 Å². The number of rotatable bonds is 2. The van der Waals surface area contributed by atoms with E-state index in [2.05, 4.69) is 31.9 Å². The maximum atomic E-state index is 13.3. The van der Waals surface area contributed by atoms with Gasteiger partial charge in [-0.25, -0.2) is 8.78 Å². The van der Waals surface area contributed by atoms with E-state index in [0.717, 1.165) is 20.5 Å². The Bertz CT molecular complexity index is 783. The number of fused-ring (bicyclic) bond motifs is 1. The van der Waals surface area contributed by atoms with Gasteiger partial charge in [0.1, 0.15) is 11.6 Å². The van der Waals surface area contributed by atoms with E-state index in [4.69, 9.17) is 0 Å². The van der Waals surface area contributed by atoms with Crippen LogP contribution in [0.3, 0.4) is 0 Å². The molecule has 1 heterocycles. The molecule has 1 aromatic heterocycles. The third-order valence-corrected chi connectivity index (χ3v) is 6.08. The third kappa shape index (κ3) is 2.67. The molecule has 1 atom stereocenters. The average molecular weight is 418 g/mol. The lowest BCUT2D eigenvalue weighted by atomic mass is 10.1. The second-order valence-electron chi connectivity index (χ2n) is 4.37. The molecule has 0 radical (unpaired) electrons. The summed E-state index contributed by atoms with van der Waals surface area (Å²) >= 11 is 8.34. The monoisotopic (exact) mass is 416 g/mol. The van der Waals surface area contributed by atoms with Crippen LogP contribution in [0.25, 0.3) is 10.1 Å². The normalized spacial score (nSPS) is 12.8. The zero-order chi connectivity index (χ0) is 14.3. The first-order valence-electron chi connectivity index (χ1n) is 5.82. The van der Waals surface area contributed by atoms with Crippen molar-refractivity contribution in [2.75, 3.05) is 0 Å². The Morgan fingerprint density at radius 3 is 2.55 bits per heavy atom. The average Bonchev–Trinajstić information content (AvgIpc) is 2.84. The summed E-state index contributed by atoms with van der Waals surface area (Å²) in [7, 11) is 0. The fourth-order valence-electron chi connectivity index (χ4n) is 1.98. The van der Waals surface area contributed by atoms with E-state index < -0.39 is 0 Å². The van der Waals surface area contributed by atoms with Crippen LogP contribution in [0.4, 0.5) is 8.78 Å². The third-order valence-electron chi connectivity index (χ3n) is 2.99. The van der Waals surface area contributed by atoms with Crippen molar-refractivity contribution >= 4 is 53.3 Å². The van der Waals surface area contributed by atoms with Gasteiger partial charge in [-0.1, -0.05) is 28.1 Å². The maximum Gasteiger partial charge on any atom is 0.137 e. The highest BCUT2D eigenvalue weighted by molar-refractivity contribution is 9.10. The largest absolute Gasteiger partial charge is 0.207 e. The molecule has 0 bridgehead atoms. The molecule has 3 aromatic rings. The lowest BCUT2D eigenvalue weighted by Crippen LogP contribution is -1.90. The summed E-state index contributed by atoms with van der Waals surface area (Å²) in [4.78, 5) is 1.02. The first-order valence-corrected chi connectivity index (χ1v) is 8.35. The van der Waals surface area contributed by atoms with Crippen molar-refractivity contribution in [2.45, 2.75) is 4.83 Å². The smallest absolute Gasteiger partial charge is 0.137 e. The van der Waals surface area contributed by atoms with Crippen molar-refractivity contribution in [3.8, 4) is 0 Å². The summed E-state index contributed by atoms with van der Waals surface area (Å²) in [5.74, 6) is -0.520. The summed E-state index contributed by atoms with van der Waals surface area (Å²) in [5, 5.41) is 1.01. The molecule has 0 fully saturated rings. The van der Waals surface area contributed by atoms with Gasteiger partial charge < -0.3 is 0 Å². The summed E-state index contributed by atoms with van der Waals surface area (Å²) in [6, 6.07) is 11.7. The molecule has 0 nitrogen and oxygen atoms in total. The zero-order valence-electron chi connectivity index (χ0n) is 10.0. The summed E-state index contributed by atoms with van der Waals surface area (Å²) in [6.07, 6.45) is 0. The molecule has 0 amide bonds. The lowest BCUT2D eigenvalue weighted by molar-refractivity contribution is 0.620. The van der Waals surface area contributed by atoms with Gasteiger partial charge in [-0.3, -0.25) is 0 Å². The van der Waals surface area contributed by atoms with Gasteiger partial charge in [-0.15, -0.1) is 11.3 Å². The predicted molar refractivity (Wildman–Crippen MR) is 86.7 cm³/mol. The minimum Gasteiger partial charge on any atom is -0.207 e. The standard InChI is InChI=1S/C15H8Br2F2S/c16-11-5-9(2-4-12(11)19)15(17)14-6-8-1-3-10(18)7-13(8)20-14/h1-7,15H. The lowest BCUT2D eigenvalue weighted by Gasteiger charge is -2.08. The molecule has 102 valence electrons. The molecule has 0 saturated heterocycles. The molecule has 20 heavy (non-hydrogen) atoms. The molecule has 0 saturated carbocycles. The van der Waals surface area contributed by atoms with Crippen molar-refractivity contribution in [3.05, 3.63) is 69.0 Å². The molecule has 2 aromatic carbocycles. The highest BCUT2D eigenvalue weighted by atomic mass is 79.9. The molecule has 0 aliphatic rings. The number of alkyl halides is 1. The predicted octanol–water partition coefficient (Wildman–Crippen LogP) is 6.43. The van der Waals surface area contributed by atoms with Crippen LogP contribution in [0.1, 0.15) is 15.3 Å². The molecular weight excluding hydrogens is 410 g/mol. The van der Waals surface area contributed by atoms with Crippen molar-refractivity contribution in [2.24, 2.45) is 0 Å². The second-order valence-corrected chi connectivity index (χ2v) is 7.25. The molecule has 5 heteroatoms. The van der Waals surface area contributed by atoms with E-state index in [9.17, 15) is 8.78 Å². The number of thiophene rings is 1. The van der Waals surface area contributed by atoms with Gasteiger partial charge in [0.15, 0.2) is 0 Å². The number of hydrogen-bond acceptors (Lipinski definition) is 1. The summed E-state index contributed by atoms with van der Waals surface area (Å²) in [5.41, 5.74) is 0.949. The van der Waals surface area contributed by atoms with E-state index in [1.807, 2.05) is 6.07 Å². The maximum absolute atomic E-state index is 13.3. The van der Waals surface area contributed by atoms with Crippen molar-refractivity contribution in [1.29, 1.82) is 0 Å². The summed E-state index contributed by atoms with van der Waals surface area (Å²) < 4.78 is 27.8. The first-order chi connectivity index (χ1) is 9.54. The molecular formula is C15H8Br2F2S. The van der Waals surface area contributed by atoms with Crippen LogP contribution in [0.2, 0.25) is 0 Å². The van der Waals surface area contributed by atoms with Gasteiger partial charge in [0.05, 0.1) is 9.30 Å². The van der Waals surface area contributed by atoms with Crippen LogP contribution >= 0.6 is 43.2 Å². The second kappa shape index (κ2) is 5.54. The van der Waals surface area contributed by atoms with Gasteiger partial charge >= 0.3 is 0 Å². The quantitative estimate of drug-likeness (QED) is 0.421. The fourth-order valence-corrected chi connectivity index (χ4v) is 4.17. The van der Waals surface area contributed by atoms with Crippen molar-refractivity contribution in [1.82, 2.24) is 0 Å². The Kier molecular flexibility index (Phi) is 3.93. The summed E-state index contributed by atoms with van der Waals surface area (Å²) in [6.45, 7) is 0. The van der Waals surface area contributed by atoms with Gasteiger partial charge in [0.25, 0.3) is 0 Å². The van der Waals surface area contributed by atoms with Gasteiger partial charge in [0.2, 0.25) is 0 Å². The Morgan fingerprint density at radius 1 is 1.00 bits per heavy atom. The Hall–Kier alpha value is -0.780. The van der Waals surface area contributed by atoms with Crippen molar-refractivity contribution in [3.63, 3.8) is 0 Å². The Labute approximate surface area is 135 Å². The van der Waals surface area contributed by atoms with Crippen LogP contribution in [0.5, 0.6) is 0 Å². The molecule has 3 rings (SSSR count). The van der Waals surface area contributed by atoms with E-state index in [-0.39, 0.29) is 16.5 Å². The van der Waals surface area contributed by atoms with Crippen molar-refractivity contribution < 1.29 is 8.78 Å². The number of halogens is 4. The highest BCUT2D eigenvalue weighted by Gasteiger charge is 2.15. The van der Waals surface area contributed by atoms with Crippen LogP contribution in [0, 0.1) is 11.6 Å². The van der Waals surface area contributed by atoms with E-state index in [1.54, 1.807) is 18.2 Å². The van der Waals surface area contributed by atoms with Crippen LogP contribution in [-0.4, -0.2) is 0 Å². The number of hydrogen-bond donors (Lipinski definition) is 0. The fraction of sp³-hybridized carbons (Fsp3) is 0.0667. The Balaban J connectivity index is 2.02. The zero-order valence-corrected chi connectivity index (χ0v) is 14.0. The van der Waals surface area contributed by atoms with E-state index in [0.29, 0.717) is 4.47 Å². The van der Waals surface area contributed by atoms with Gasteiger partial charge in [0, 0.05) is 9.58 Å². The topological polar surface area (TPSA) is 0 Å².